The van der Waals surface area contributed by atoms with Crippen LogP contribution in [0.15, 0.2) is 36.5 Å². The van der Waals surface area contributed by atoms with Crippen molar-refractivity contribution in [2.45, 2.75) is 320 Å². The van der Waals surface area contributed by atoms with Crippen LogP contribution in [0, 0.1) is 0 Å². The lowest BCUT2D eigenvalue weighted by Crippen LogP contribution is -2.60. The molecule has 0 aromatic rings. The lowest BCUT2D eigenvalue weighted by molar-refractivity contribution is -0.302. The highest BCUT2D eigenvalue weighted by molar-refractivity contribution is 5.76. The molecule has 0 aliphatic carbocycles. The molecule has 7 unspecified atom stereocenters. The largest absolute Gasteiger partial charge is 0.394 e. The van der Waals surface area contributed by atoms with E-state index >= 15 is 0 Å². The molecule has 1 heterocycles. The quantitative estimate of drug-likeness (QED) is 0.0261. The average Bonchev–Trinajstić information content (AvgIpc) is 3.34. The second-order valence-corrected chi connectivity index (χ2v) is 20.4. The number of allylic oxidation sites excluding steroid dienone is 5. The van der Waals surface area contributed by atoms with E-state index in [1.165, 1.54) is 205 Å². The molecule has 1 aliphatic rings. The highest BCUT2D eigenvalue weighted by atomic mass is 16.7. The van der Waals surface area contributed by atoms with Crippen molar-refractivity contribution in [3.8, 4) is 0 Å². The van der Waals surface area contributed by atoms with Crippen LogP contribution >= 0.6 is 0 Å². The number of aliphatic hydroxyl groups excluding tert-OH is 5. The zero-order chi connectivity index (χ0) is 49.4. The monoisotopic (exact) mass is 962 g/mol. The molecular weight excluding hydrogens is 851 g/mol. The minimum absolute atomic E-state index is 0.189. The molecule has 1 fully saturated rings. The Labute approximate surface area is 419 Å². The fourth-order valence-electron chi connectivity index (χ4n) is 9.29. The molecule has 0 spiro atoms. The standard InChI is InChI=1S/C59H111NO8/c1-3-5-7-9-11-13-15-17-19-21-22-23-24-25-26-27-28-29-30-31-33-34-36-38-40-42-44-46-48-53(62)52(51-67-59-58(66)57(65)56(64)54(50-61)68-59)60-55(63)49-47-45-43-41-39-37-35-32-20-18-16-14-12-10-8-6-4-2/h18,20,38,40,46,48,52-54,56-59,61-62,64-66H,3-17,19,21-37,39,41-45,47,49-51H2,1-2H3,(H,60,63)/b20-18-,40-38+,48-46+. The lowest BCUT2D eigenvalue weighted by atomic mass is 9.99. The topological polar surface area (TPSA) is 149 Å². The summed E-state index contributed by atoms with van der Waals surface area (Å²) in [4.78, 5) is 13.0. The van der Waals surface area contributed by atoms with Crippen molar-refractivity contribution in [3.05, 3.63) is 36.5 Å². The Morgan fingerprint density at radius 2 is 0.838 bits per heavy atom. The zero-order valence-electron chi connectivity index (χ0n) is 44.4. The Balaban J connectivity index is 2.22. The fourth-order valence-corrected chi connectivity index (χ4v) is 9.29. The van der Waals surface area contributed by atoms with Gasteiger partial charge in [0.15, 0.2) is 6.29 Å². The van der Waals surface area contributed by atoms with Gasteiger partial charge in [-0.05, 0) is 57.8 Å². The van der Waals surface area contributed by atoms with Crippen molar-refractivity contribution < 1.29 is 39.8 Å². The van der Waals surface area contributed by atoms with Gasteiger partial charge in [-0.25, -0.2) is 0 Å². The summed E-state index contributed by atoms with van der Waals surface area (Å²) in [6, 6.07) is -0.824. The van der Waals surface area contributed by atoms with Crippen LogP contribution < -0.4 is 5.32 Å². The Morgan fingerprint density at radius 3 is 1.24 bits per heavy atom. The van der Waals surface area contributed by atoms with Crippen molar-refractivity contribution in [2.75, 3.05) is 13.2 Å². The van der Waals surface area contributed by atoms with Crippen molar-refractivity contribution in [3.63, 3.8) is 0 Å². The molecule has 1 rings (SSSR count). The summed E-state index contributed by atoms with van der Waals surface area (Å²) in [5.74, 6) is -0.189. The number of carbonyl (C=O) groups excluding carboxylic acids is 1. The van der Waals surface area contributed by atoms with Crippen LogP contribution in [0.1, 0.15) is 277 Å². The Hall–Kier alpha value is -1.59. The third-order valence-corrected chi connectivity index (χ3v) is 13.9. The minimum Gasteiger partial charge on any atom is -0.394 e. The SMILES string of the molecule is CCCCCCCC/C=C\CCCCCCCCCC(=O)NC(COC1OC(CO)C(O)C(O)C1O)C(O)/C=C/CC/C=C/CCCCCCCCCCCCCCCCCCCCCCCC. The molecule has 1 saturated heterocycles. The normalized spacial score (nSPS) is 19.8. The van der Waals surface area contributed by atoms with E-state index < -0.39 is 49.5 Å². The smallest absolute Gasteiger partial charge is 0.220 e. The van der Waals surface area contributed by atoms with Gasteiger partial charge >= 0.3 is 0 Å². The summed E-state index contributed by atoms with van der Waals surface area (Å²) >= 11 is 0. The van der Waals surface area contributed by atoms with Crippen molar-refractivity contribution in [1.29, 1.82) is 0 Å². The molecule has 0 radical (unpaired) electrons. The van der Waals surface area contributed by atoms with Gasteiger partial charge in [-0.2, -0.15) is 0 Å². The third kappa shape index (κ3) is 38.1. The van der Waals surface area contributed by atoms with Gasteiger partial charge in [0.05, 0.1) is 25.4 Å². The maximum absolute atomic E-state index is 13.0. The van der Waals surface area contributed by atoms with Crippen molar-refractivity contribution >= 4 is 5.91 Å². The van der Waals surface area contributed by atoms with Crippen LogP contribution in [0.25, 0.3) is 0 Å². The molecule has 1 amide bonds. The van der Waals surface area contributed by atoms with E-state index in [9.17, 15) is 30.3 Å². The molecule has 400 valence electrons. The number of ether oxygens (including phenoxy) is 2. The lowest BCUT2D eigenvalue weighted by Gasteiger charge is -2.40. The molecular formula is C59H111NO8. The second kappa shape index (κ2) is 49.0. The van der Waals surface area contributed by atoms with Gasteiger partial charge in [0.25, 0.3) is 0 Å². The minimum atomic E-state index is -1.57. The number of hydrogen-bond acceptors (Lipinski definition) is 8. The van der Waals surface area contributed by atoms with E-state index in [1.54, 1.807) is 6.08 Å². The number of aliphatic hydroxyl groups is 5. The van der Waals surface area contributed by atoms with E-state index in [-0.39, 0.29) is 12.5 Å². The van der Waals surface area contributed by atoms with Gasteiger partial charge in [0.2, 0.25) is 5.91 Å². The van der Waals surface area contributed by atoms with Gasteiger partial charge in [0, 0.05) is 6.42 Å². The molecule has 68 heavy (non-hydrogen) atoms. The van der Waals surface area contributed by atoms with E-state index in [2.05, 4.69) is 43.5 Å². The molecule has 9 heteroatoms. The number of amides is 1. The number of hydrogen-bond donors (Lipinski definition) is 6. The van der Waals surface area contributed by atoms with E-state index in [0.29, 0.717) is 6.42 Å². The third-order valence-electron chi connectivity index (χ3n) is 13.9. The van der Waals surface area contributed by atoms with Gasteiger partial charge in [0.1, 0.15) is 24.4 Å². The molecule has 0 aromatic carbocycles. The first-order valence-corrected chi connectivity index (χ1v) is 29.2. The van der Waals surface area contributed by atoms with Crippen LogP contribution in [0.4, 0.5) is 0 Å². The predicted molar refractivity (Wildman–Crippen MR) is 286 cm³/mol. The first kappa shape index (κ1) is 64.4. The Bertz CT molecular complexity index is 1160. The molecule has 0 aromatic heterocycles. The van der Waals surface area contributed by atoms with E-state index in [4.69, 9.17) is 9.47 Å². The Kier molecular flexibility index (Phi) is 46.4. The fraction of sp³-hybridized carbons (Fsp3) is 0.881. The summed E-state index contributed by atoms with van der Waals surface area (Å²) < 4.78 is 11.3. The highest BCUT2D eigenvalue weighted by Gasteiger charge is 2.44. The van der Waals surface area contributed by atoms with Gasteiger partial charge < -0.3 is 40.3 Å². The highest BCUT2D eigenvalue weighted by Crippen LogP contribution is 2.23. The van der Waals surface area contributed by atoms with Gasteiger partial charge in [-0.15, -0.1) is 0 Å². The summed E-state index contributed by atoms with van der Waals surface area (Å²) in [6.45, 7) is 3.78. The zero-order valence-corrected chi connectivity index (χ0v) is 44.4. The van der Waals surface area contributed by atoms with Crippen LogP contribution in [-0.2, 0) is 14.3 Å². The van der Waals surface area contributed by atoms with Gasteiger partial charge in [-0.1, -0.05) is 249 Å². The molecule has 0 bridgehead atoms. The summed E-state index contributed by atoms with van der Waals surface area (Å²) in [6.07, 6.45) is 56.5. The molecule has 9 nitrogen and oxygen atoms in total. The van der Waals surface area contributed by atoms with Crippen LogP contribution in [0.5, 0.6) is 0 Å². The number of carbonyl (C=O) groups is 1. The molecule has 6 N–H and O–H groups in total. The van der Waals surface area contributed by atoms with Crippen molar-refractivity contribution in [2.24, 2.45) is 0 Å². The summed E-state index contributed by atoms with van der Waals surface area (Å²) in [5, 5.41) is 54.5. The second-order valence-electron chi connectivity index (χ2n) is 20.4. The van der Waals surface area contributed by atoms with Crippen LogP contribution in [-0.4, -0.2) is 87.5 Å². The molecule has 0 saturated carbocycles. The molecule has 1 aliphatic heterocycles. The summed E-state index contributed by atoms with van der Waals surface area (Å²) in [5.41, 5.74) is 0. The Morgan fingerprint density at radius 1 is 0.485 bits per heavy atom. The maximum atomic E-state index is 13.0. The maximum Gasteiger partial charge on any atom is 0.220 e. The van der Waals surface area contributed by atoms with E-state index in [0.717, 1.165) is 51.4 Å². The molecule has 7 atom stereocenters. The number of nitrogens with one attached hydrogen (secondary N) is 1. The van der Waals surface area contributed by atoms with Crippen LogP contribution in [0.2, 0.25) is 0 Å². The summed E-state index contributed by atoms with van der Waals surface area (Å²) in [7, 11) is 0. The number of rotatable bonds is 50. The van der Waals surface area contributed by atoms with Crippen LogP contribution in [0.3, 0.4) is 0 Å². The van der Waals surface area contributed by atoms with Crippen molar-refractivity contribution in [1.82, 2.24) is 5.32 Å². The first-order valence-electron chi connectivity index (χ1n) is 29.2. The number of unbranched alkanes of at least 4 members (excludes halogenated alkanes) is 36. The average molecular weight is 963 g/mol. The first-order chi connectivity index (χ1) is 33.3. The van der Waals surface area contributed by atoms with E-state index in [1.807, 2.05) is 6.08 Å². The predicted octanol–water partition coefficient (Wildman–Crippen LogP) is 14.4. The van der Waals surface area contributed by atoms with Gasteiger partial charge in [-0.3, -0.25) is 4.79 Å².